The number of carboxylic acids is 1. The van der Waals surface area contributed by atoms with Gasteiger partial charge >= 0.3 is 5.97 Å². The first-order chi connectivity index (χ1) is 10.5. The molecular formula is C16H15N3O3. The lowest BCUT2D eigenvalue weighted by Gasteiger charge is -2.18. The molecule has 0 saturated carbocycles. The maximum atomic E-state index is 11.0. The minimum absolute atomic E-state index is 0.197. The van der Waals surface area contributed by atoms with Gasteiger partial charge in [-0.05, 0) is 31.2 Å². The predicted octanol–water partition coefficient (Wildman–Crippen LogP) is 2.12. The van der Waals surface area contributed by atoms with Crippen LogP contribution < -0.4 is 11.2 Å². The molecule has 3 rings (SSSR count). The number of hydrogen-bond donors (Lipinski definition) is 3. The molecule has 6 nitrogen and oxygen atoms in total. The molecule has 22 heavy (non-hydrogen) atoms. The number of nitrogens with one attached hydrogen (secondary N) is 1. The molecule has 0 bridgehead atoms. The quantitative estimate of drug-likeness (QED) is 0.754. The zero-order chi connectivity index (χ0) is 15.7. The second-order valence-corrected chi connectivity index (χ2v) is 5.16. The fourth-order valence-electron chi connectivity index (χ4n) is 2.25. The second kappa shape index (κ2) is 5.16. The minimum Gasteiger partial charge on any atom is -0.478 e. The van der Waals surface area contributed by atoms with Crippen molar-refractivity contribution < 1.29 is 14.7 Å². The molecule has 4 N–H and O–H groups in total. The van der Waals surface area contributed by atoms with E-state index in [1.807, 2.05) is 19.1 Å². The van der Waals surface area contributed by atoms with E-state index in [1.54, 1.807) is 30.3 Å². The zero-order valence-electron chi connectivity index (χ0n) is 11.9. The van der Waals surface area contributed by atoms with Crippen LogP contribution in [0.1, 0.15) is 28.4 Å². The van der Waals surface area contributed by atoms with Crippen LogP contribution in [0.25, 0.3) is 0 Å². The number of benzene rings is 2. The van der Waals surface area contributed by atoms with Crippen LogP contribution in [0.15, 0.2) is 53.5 Å². The van der Waals surface area contributed by atoms with Gasteiger partial charge < -0.3 is 10.8 Å². The van der Waals surface area contributed by atoms with Gasteiger partial charge in [-0.15, -0.1) is 0 Å². The average molecular weight is 297 g/mol. The molecule has 0 spiro atoms. The molecule has 0 saturated heterocycles. The van der Waals surface area contributed by atoms with E-state index in [0.29, 0.717) is 17.1 Å². The van der Waals surface area contributed by atoms with Crippen LogP contribution in [0.3, 0.4) is 0 Å². The van der Waals surface area contributed by atoms with E-state index in [2.05, 4.69) is 10.5 Å². The van der Waals surface area contributed by atoms with E-state index in [9.17, 15) is 4.79 Å². The predicted molar refractivity (Wildman–Crippen MR) is 82.4 cm³/mol. The SMILES string of the molecule is CC1(c2ccc(N)cc2)N=C(c2cccc(C(=O)O)c2)NO1. The summed E-state index contributed by atoms with van der Waals surface area (Å²) >= 11 is 0. The van der Waals surface area contributed by atoms with Gasteiger partial charge in [0.05, 0.1) is 5.56 Å². The molecule has 2 aromatic carbocycles. The van der Waals surface area contributed by atoms with Crippen LogP contribution in [-0.4, -0.2) is 16.9 Å². The Labute approximate surface area is 127 Å². The first-order valence-electron chi connectivity index (χ1n) is 6.71. The van der Waals surface area contributed by atoms with E-state index >= 15 is 0 Å². The highest BCUT2D eigenvalue weighted by molar-refractivity contribution is 6.01. The Bertz CT molecular complexity index is 755. The third-order valence-electron chi connectivity index (χ3n) is 3.50. The normalized spacial score (nSPS) is 20.3. The Morgan fingerprint density at radius 1 is 1.27 bits per heavy atom. The third-order valence-corrected chi connectivity index (χ3v) is 3.50. The third kappa shape index (κ3) is 2.51. The van der Waals surface area contributed by atoms with Gasteiger partial charge in [0.2, 0.25) is 5.72 Å². The minimum atomic E-state index is -0.984. The zero-order valence-corrected chi connectivity index (χ0v) is 11.9. The van der Waals surface area contributed by atoms with E-state index < -0.39 is 11.7 Å². The number of nitrogen functional groups attached to an aromatic ring is 1. The van der Waals surface area contributed by atoms with Gasteiger partial charge in [0.15, 0.2) is 5.84 Å². The van der Waals surface area contributed by atoms with Crippen molar-refractivity contribution in [2.45, 2.75) is 12.6 Å². The van der Waals surface area contributed by atoms with E-state index in [4.69, 9.17) is 15.7 Å². The van der Waals surface area contributed by atoms with Gasteiger partial charge in [-0.25, -0.2) is 20.1 Å². The number of aromatic carboxylic acids is 1. The second-order valence-electron chi connectivity index (χ2n) is 5.16. The number of hydroxylamine groups is 1. The van der Waals surface area contributed by atoms with Gasteiger partial charge in [-0.2, -0.15) is 0 Å². The van der Waals surface area contributed by atoms with E-state index in [1.165, 1.54) is 6.07 Å². The Balaban J connectivity index is 1.95. The molecule has 112 valence electrons. The Hall–Kier alpha value is -2.86. The monoisotopic (exact) mass is 297 g/mol. The Morgan fingerprint density at radius 3 is 2.68 bits per heavy atom. The molecule has 0 radical (unpaired) electrons. The standard InChI is InChI=1S/C16H15N3O3/c1-16(12-5-7-13(17)8-6-12)18-14(19-22-16)10-3-2-4-11(9-10)15(20)21/h2-9H,17H2,1H3,(H,18,19)(H,20,21). The highest BCUT2D eigenvalue weighted by Gasteiger charge is 2.34. The number of aliphatic imine (C=N–C) groups is 1. The van der Waals surface area contributed by atoms with Crippen LogP contribution >= 0.6 is 0 Å². The number of carboxylic acid groups (broad SMARTS) is 1. The number of carbonyl (C=O) groups is 1. The number of nitrogens with two attached hydrogens (primary N) is 1. The summed E-state index contributed by atoms with van der Waals surface area (Å²) in [6.07, 6.45) is 0. The van der Waals surface area contributed by atoms with Gasteiger partial charge in [0.1, 0.15) is 0 Å². The average Bonchev–Trinajstić information content (AvgIpc) is 2.92. The number of nitrogens with zero attached hydrogens (tertiary/aromatic N) is 1. The lowest BCUT2D eigenvalue weighted by Crippen LogP contribution is -2.24. The van der Waals surface area contributed by atoms with Crippen molar-refractivity contribution >= 4 is 17.5 Å². The molecule has 1 unspecified atom stereocenters. The fourth-order valence-corrected chi connectivity index (χ4v) is 2.25. The molecule has 6 heteroatoms. The van der Waals surface area contributed by atoms with Crippen LogP contribution in [0.2, 0.25) is 0 Å². The molecule has 1 aliphatic heterocycles. The van der Waals surface area contributed by atoms with Crippen LogP contribution in [0.4, 0.5) is 5.69 Å². The summed E-state index contributed by atoms with van der Waals surface area (Å²) in [5.41, 5.74) is 9.92. The van der Waals surface area contributed by atoms with Crippen molar-refractivity contribution in [2.75, 3.05) is 5.73 Å². The maximum Gasteiger partial charge on any atom is 0.335 e. The van der Waals surface area contributed by atoms with Crippen LogP contribution in [0.5, 0.6) is 0 Å². The Morgan fingerprint density at radius 2 is 2.00 bits per heavy atom. The number of anilines is 1. The summed E-state index contributed by atoms with van der Waals surface area (Å²) in [6.45, 7) is 1.82. The molecule has 2 aromatic rings. The fraction of sp³-hybridized carbons (Fsp3) is 0.125. The van der Waals surface area contributed by atoms with Crippen LogP contribution in [0, 0.1) is 0 Å². The van der Waals surface area contributed by atoms with Crippen molar-refractivity contribution in [1.82, 2.24) is 5.48 Å². The molecule has 0 aliphatic carbocycles. The number of amidine groups is 1. The van der Waals surface area contributed by atoms with Gasteiger partial charge in [-0.1, -0.05) is 24.3 Å². The van der Waals surface area contributed by atoms with E-state index in [0.717, 1.165) is 5.56 Å². The molecule has 1 heterocycles. The van der Waals surface area contributed by atoms with Crippen molar-refractivity contribution in [3.8, 4) is 0 Å². The van der Waals surface area contributed by atoms with Crippen molar-refractivity contribution in [2.24, 2.45) is 4.99 Å². The topological polar surface area (TPSA) is 96.9 Å². The molecular weight excluding hydrogens is 282 g/mol. The van der Waals surface area contributed by atoms with Gasteiger partial charge in [-0.3, -0.25) is 0 Å². The highest BCUT2D eigenvalue weighted by Crippen LogP contribution is 2.30. The summed E-state index contributed by atoms with van der Waals surface area (Å²) in [5.74, 6) is -0.495. The number of rotatable bonds is 3. The van der Waals surface area contributed by atoms with E-state index in [-0.39, 0.29) is 5.56 Å². The lowest BCUT2D eigenvalue weighted by atomic mass is 10.0. The highest BCUT2D eigenvalue weighted by atomic mass is 16.7. The molecule has 0 aromatic heterocycles. The summed E-state index contributed by atoms with van der Waals surface area (Å²) in [6, 6.07) is 13.8. The summed E-state index contributed by atoms with van der Waals surface area (Å²) in [4.78, 5) is 21.2. The smallest absolute Gasteiger partial charge is 0.335 e. The van der Waals surface area contributed by atoms with Crippen molar-refractivity contribution in [3.05, 3.63) is 65.2 Å². The van der Waals surface area contributed by atoms with Crippen molar-refractivity contribution in [1.29, 1.82) is 0 Å². The lowest BCUT2D eigenvalue weighted by molar-refractivity contribution is -0.0452. The molecule has 0 amide bonds. The molecule has 1 aliphatic rings. The number of hydrogen-bond acceptors (Lipinski definition) is 5. The first-order valence-corrected chi connectivity index (χ1v) is 6.71. The Kier molecular flexibility index (Phi) is 3.30. The summed E-state index contributed by atoms with van der Waals surface area (Å²) in [5, 5.41) is 9.06. The summed E-state index contributed by atoms with van der Waals surface area (Å²) in [7, 11) is 0. The van der Waals surface area contributed by atoms with Crippen molar-refractivity contribution in [3.63, 3.8) is 0 Å². The molecule has 1 atom stereocenters. The van der Waals surface area contributed by atoms with Crippen LogP contribution in [-0.2, 0) is 10.6 Å². The maximum absolute atomic E-state index is 11.0. The largest absolute Gasteiger partial charge is 0.478 e. The van der Waals surface area contributed by atoms with Gasteiger partial charge in [0, 0.05) is 16.8 Å². The summed E-state index contributed by atoms with van der Waals surface area (Å²) < 4.78 is 0. The first kappa shape index (κ1) is 14.1. The van der Waals surface area contributed by atoms with Gasteiger partial charge in [0.25, 0.3) is 0 Å². The molecule has 0 fully saturated rings.